The first kappa shape index (κ1) is 17.4. The molecule has 0 radical (unpaired) electrons. The van der Waals surface area contributed by atoms with Crippen LogP contribution in [0.25, 0.3) is 11.2 Å². The minimum absolute atomic E-state index is 0.0568. The summed E-state index contributed by atoms with van der Waals surface area (Å²) in [6.45, 7) is 4.93. The van der Waals surface area contributed by atoms with Gasteiger partial charge in [0.15, 0.2) is 21.7 Å². The van der Waals surface area contributed by atoms with Crippen LogP contribution in [0.3, 0.4) is 0 Å². The number of anilines is 1. The third-order valence-corrected chi connectivity index (χ3v) is 4.72. The molecule has 2 atom stereocenters. The number of halogens is 1. The lowest BCUT2D eigenvalue weighted by Crippen LogP contribution is -2.19. The van der Waals surface area contributed by atoms with Crippen LogP contribution in [-0.2, 0) is 4.74 Å². The molecule has 1 fully saturated rings. The molecule has 0 aliphatic carbocycles. The zero-order chi connectivity index (χ0) is 17.1. The number of nitrogens with one attached hydrogen (secondary N) is 1. The molecule has 7 nitrogen and oxygen atoms in total. The van der Waals surface area contributed by atoms with E-state index in [0.717, 1.165) is 44.4 Å². The molecule has 1 saturated heterocycles. The molecule has 24 heavy (non-hydrogen) atoms. The molecule has 3 rings (SSSR count). The molecule has 0 amide bonds. The van der Waals surface area contributed by atoms with Crippen molar-refractivity contribution in [3.8, 4) is 6.01 Å². The molecule has 2 aromatic heterocycles. The van der Waals surface area contributed by atoms with Gasteiger partial charge in [-0.2, -0.15) is 9.97 Å². The van der Waals surface area contributed by atoms with Gasteiger partial charge in [0.25, 0.3) is 0 Å². The van der Waals surface area contributed by atoms with Gasteiger partial charge < -0.3 is 14.8 Å². The van der Waals surface area contributed by atoms with E-state index in [-0.39, 0.29) is 12.3 Å². The van der Waals surface area contributed by atoms with Gasteiger partial charge in [-0.3, -0.25) is 4.57 Å². The summed E-state index contributed by atoms with van der Waals surface area (Å²) in [5, 5.41) is 3.09. The maximum Gasteiger partial charge on any atom is 0.320 e. The number of imidazole rings is 1. The van der Waals surface area contributed by atoms with Crippen molar-refractivity contribution in [1.29, 1.82) is 0 Å². The zero-order valence-electron chi connectivity index (χ0n) is 14.4. The topological polar surface area (TPSA) is 74.1 Å². The second-order valence-corrected chi connectivity index (χ2v) is 6.78. The number of hydrogen-bond acceptors (Lipinski definition) is 6. The number of aromatic nitrogens is 4. The second-order valence-electron chi connectivity index (χ2n) is 6.07. The van der Waals surface area contributed by atoms with Crippen LogP contribution in [0.4, 0.5) is 5.82 Å². The highest BCUT2D eigenvalue weighted by atomic mass is 79.9. The van der Waals surface area contributed by atoms with Gasteiger partial charge in [-0.25, -0.2) is 4.98 Å². The van der Waals surface area contributed by atoms with Gasteiger partial charge in [0.1, 0.15) is 6.23 Å². The fraction of sp³-hybridized carbons (Fsp3) is 0.688. The summed E-state index contributed by atoms with van der Waals surface area (Å²) in [6, 6.07) is 0.372. The highest BCUT2D eigenvalue weighted by Crippen LogP contribution is 2.33. The summed E-state index contributed by atoms with van der Waals surface area (Å²) in [5.41, 5.74) is 1.45. The second kappa shape index (κ2) is 7.65. The number of nitrogens with zero attached hydrogens (tertiary/aromatic N) is 4. The first-order valence-corrected chi connectivity index (χ1v) is 9.34. The molecule has 1 unspecified atom stereocenters. The Bertz CT molecular complexity index is 699. The Morgan fingerprint density at radius 1 is 1.38 bits per heavy atom. The van der Waals surface area contributed by atoms with Gasteiger partial charge in [-0.05, 0) is 48.5 Å². The van der Waals surface area contributed by atoms with Crippen molar-refractivity contribution in [2.24, 2.45) is 0 Å². The van der Waals surface area contributed by atoms with Crippen LogP contribution in [0.1, 0.15) is 52.2 Å². The highest BCUT2D eigenvalue weighted by molar-refractivity contribution is 9.10. The molecule has 0 bridgehead atoms. The van der Waals surface area contributed by atoms with Crippen molar-refractivity contribution < 1.29 is 9.47 Å². The fourth-order valence-corrected chi connectivity index (χ4v) is 3.56. The standard InChI is InChI=1S/C16H24BrN5O2/c1-4-7-10(2)24-16-20-13(18-3)12-14(21-16)22(15(17)19-12)11-8-5-6-9-23-11/h10-11H,4-9H2,1-3H3,(H,18,20,21)/t10-,11?/m0/s1. The molecular weight excluding hydrogens is 374 g/mol. The van der Waals surface area contributed by atoms with E-state index in [4.69, 9.17) is 9.47 Å². The maximum atomic E-state index is 5.92. The van der Waals surface area contributed by atoms with Crippen LogP contribution >= 0.6 is 15.9 Å². The summed E-state index contributed by atoms with van der Waals surface area (Å²) in [7, 11) is 1.82. The predicted octanol–water partition coefficient (Wildman–Crippen LogP) is 3.90. The lowest BCUT2D eigenvalue weighted by Gasteiger charge is -2.24. The molecule has 3 heterocycles. The summed E-state index contributed by atoms with van der Waals surface area (Å²) >= 11 is 3.54. The van der Waals surface area contributed by atoms with E-state index in [0.29, 0.717) is 22.1 Å². The molecule has 8 heteroatoms. The van der Waals surface area contributed by atoms with E-state index >= 15 is 0 Å². The van der Waals surface area contributed by atoms with Crippen molar-refractivity contribution in [3.05, 3.63) is 4.73 Å². The average Bonchev–Trinajstić information content (AvgIpc) is 2.91. The van der Waals surface area contributed by atoms with Gasteiger partial charge >= 0.3 is 6.01 Å². The number of fused-ring (bicyclic) bond motifs is 1. The maximum absolute atomic E-state index is 5.92. The smallest absolute Gasteiger partial charge is 0.320 e. The monoisotopic (exact) mass is 397 g/mol. The van der Waals surface area contributed by atoms with Crippen LogP contribution in [0.15, 0.2) is 4.73 Å². The van der Waals surface area contributed by atoms with E-state index in [1.807, 2.05) is 18.5 Å². The highest BCUT2D eigenvalue weighted by Gasteiger charge is 2.24. The molecule has 0 saturated carbocycles. The van der Waals surface area contributed by atoms with Crippen LogP contribution in [-0.4, -0.2) is 39.3 Å². The zero-order valence-corrected chi connectivity index (χ0v) is 16.0. The van der Waals surface area contributed by atoms with Crippen molar-refractivity contribution in [2.45, 2.75) is 58.3 Å². The molecule has 132 valence electrons. The van der Waals surface area contributed by atoms with Gasteiger partial charge in [-0.1, -0.05) is 13.3 Å². The van der Waals surface area contributed by atoms with Crippen molar-refractivity contribution in [3.63, 3.8) is 0 Å². The van der Waals surface area contributed by atoms with E-state index < -0.39 is 0 Å². The van der Waals surface area contributed by atoms with Gasteiger partial charge in [0.2, 0.25) is 0 Å². The SMILES string of the molecule is CCC[C@H](C)Oc1nc(NC)c2nc(Br)n(C3CCCCO3)c2n1. The minimum Gasteiger partial charge on any atom is -0.460 e. The Morgan fingerprint density at radius 2 is 2.21 bits per heavy atom. The van der Waals surface area contributed by atoms with Crippen LogP contribution < -0.4 is 10.1 Å². The van der Waals surface area contributed by atoms with Crippen molar-refractivity contribution in [1.82, 2.24) is 19.5 Å². The first-order valence-electron chi connectivity index (χ1n) is 8.55. The lowest BCUT2D eigenvalue weighted by atomic mass is 10.2. The van der Waals surface area contributed by atoms with E-state index in [1.54, 1.807) is 0 Å². The molecule has 0 aromatic carbocycles. The number of hydrogen-bond donors (Lipinski definition) is 1. The first-order chi connectivity index (χ1) is 11.6. The Hall–Kier alpha value is -1.41. The van der Waals surface area contributed by atoms with Gasteiger partial charge in [0.05, 0.1) is 6.10 Å². The molecule has 0 spiro atoms. The Balaban J connectivity index is 2.03. The average molecular weight is 398 g/mol. The molecule has 2 aromatic rings. The summed E-state index contributed by atoms with van der Waals surface area (Å²) in [6.07, 6.45) is 5.22. The summed E-state index contributed by atoms with van der Waals surface area (Å²) < 4.78 is 14.5. The third kappa shape index (κ3) is 3.49. The Kier molecular flexibility index (Phi) is 5.55. The third-order valence-electron chi connectivity index (χ3n) is 4.16. The normalized spacial score (nSPS) is 19.4. The van der Waals surface area contributed by atoms with Gasteiger partial charge in [-0.15, -0.1) is 0 Å². The van der Waals surface area contributed by atoms with E-state index in [9.17, 15) is 0 Å². The minimum atomic E-state index is -0.0568. The lowest BCUT2D eigenvalue weighted by molar-refractivity contribution is -0.0311. The van der Waals surface area contributed by atoms with Crippen LogP contribution in [0.2, 0.25) is 0 Å². The fourth-order valence-electron chi connectivity index (χ4n) is 2.98. The van der Waals surface area contributed by atoms with E-state index in [2.05, 4.69) is 43.1 Å². The predicted molar refractivity (Wildman–Crippen MR) is 96.4 cm³/mol. The molecular formula is C16H24BrN5O2. The van der Waals surface area contributed by atoms with E-state index in [1.165, 1.54) is 0 Å². The quantitative estimate of drug-likeness (QED) is 0.744. The number of ether oxygens (including phenoxy) is 2. The summed E-state index contributed by atoms with van der Waals surface area (Å²) in [5.74, 6) is 0.661. The van der Waals surface area contributed by atoms with Crippen molar-refractivity contribution >= 4 is 32.9 Å². The Morgan fingerprint density at radius 3 is 2.88 bits per heavy atom. The Labute approximate surface area is 150 Å². The summed E-state index contributed by atoms with van der Waals surface area (Å²) in [4.78, 5) is 13.7. The largest absolute Gasteiger partial charge is 0.460 e. The van der Waals surface area contributed by atoms with Crippen LogP contribution in [0, 0.1) is 0 Å². The van der Waals surface area contributed by atoms with Crippen LogP contribution in [0.5, 0.6) is 6.01 Å². The molecule has 1 aliphatic heterocycles. The number of rotatable bonds is 6. The molecule has 1 aliphatic rings. The van der Waals surface area contributed by atoms with Crippen molar-refractivity contribution in [2.75, 3.05) is 19.0 Å². The van der Waals surface area contributed by atoms with Gasteiger partial charge in [0, 0.05) is 13.7 Å². The molecule has 1 N–H and O–H groups in total.